The third kappa shape index (κ3) is 3.44. The summed E-state index contributed by atoms with van der Waals surface area (Å²) < 4.78 is 0. The normalized spacial score (nSPS) is 14.4. The van der Waals surface area contributed by atoms with Crippen LogP contribution < -0.4 is 10.2 Å². The molecule has 30 heavy (non-hydrogen) atoms. The van der Waals surface area contributed by atoms with E-state index in [4.69, 9.17) is 9.97 Å². The van der Waals surface area contributed by atoms with E-state index in [0.29, 0.717) is 0 Å². The van der Waals surface area contributed by atoms with Gasteiger partial charge in [0.25, 0.3) is 0 Å². The van der Waals surface area contributed by atoms with E-state index >= 15 is 0 Å². The fourth-order valence-electron chi connectivity index (χ4n) is 4.27. The molecule has 0 spiro atoms. The fraction of sp³-hybridized carbons (Fsp3) is 0.292. The van der Waals surface area contributed by atoms with Gasteiger partial charge in [-0.2, -0.15) is 0 Å². The average Bonchev–Trinajstić information content (AvgIpc) is 3.10. The van der Waals surface area contributed by atoms with Crippen molar-refractivity contribution in [2.45, 2.75) is 20.8 Å². The van der Waals surface area contributed by atoms with Crippen LogP contribution in [0.4, 0.5) is 5.82 Å². The molecule has 1 fully saturated rings. The van der Waals surface area contributed by atoms with Crippen LogP contribution in [0.15, 0.2) is 42.7 Å². The van der Waals surface area contributed by atoms with Gasteiger partial charge in [-0.1, -0.05) is 0 Å². The Labute approximate surface area is 176 Å². The number of anilines is 1. The van der Waals surface area contributed by atoms with Gasteiger partial charge in [0.1, 0.15) is 5.82 Å². The zero-order valence-corrected chi connectivity index (χ0v) is 17.7. The van der Waals surface area contributed by atoms with Gasteiger partial charge in [0.15, 0.2) is 0 Å². The van der Waals surface area contributed by atoms with Crippen LogP contribution in [0.25, 0.3) is 33.4 Å². The smallest absolute Gasteiger partial charge is 0.128 e. The zero-order chi connectivity index (χ0) is 20.7. The molecular weight excluding hydrogens is 372 g/mol. The number of pyridine rings is 3. The van der Waals surface area contributed by atoms with Crippen LogP contribution in [-0.2, 0) is 0 Å². The molecule has 1 aliphatic heterocycles. The molecule has 4 aromatic heterocycles. The Morgan fingerprint density at radius 3 is 2.27 bits per heavy atom. The second kappa shape index (κ2) is 7.54. The maximum Gasteiger partial charge on any atom is 0.128 e. The van der Waals surface area contributed by atoms with Crippen molar-refractivity contribution in [1.82, 2.24) is 25.3 Å². The highest BCUT2D eigenvalue weighted by molar-refractivity contribution is 5.89. The summed E-state index contributed by atoms with van der Waals surface area (Å²) in [5.41, 5.74) is 9.63. The molecule has 5 heterocycles. The molecule has 0 amide bonds. The van der Waals surface area contributed by atoms with E-state index in [1.54, 1.807) is 0 Å². The molecule has 4 aromatic rings. The van der Waals surface area contributed by atoms with Crippen molar-refractivity contribution in [2.24, 2.45) is 0 Å². The summed E-state index contributed by atoms with van der Waals surface area (Å²) in [6.07, 6.45) is 3.92. The minimum Gasteiger partial charge on any atom is -0.354 e. The van der Waals surface area contributed by atoms with Crippen molar-refractivity contribution < 1.29 is 0 Å². The van der Waals surface area contributed by atoms with Gasteiger partial charge in [0, 0.05) is 66.7 Å². The van der Waals surface area contributed by atoms with Crippen molar-refractivity contribution in [3.63, 3.8) is 0 Å². The van der Waals surface area contributed by atoms with E-state index in [1.165, 1.54) is 0 Å². The fourth-order valence-corrected chi connectivity index (χ4v) is 4.27. The van der Waals surface area contributed by atoms with Crippen molar-refractivity contribution in [3.05, 3.63) is 59.7 Å². The maximum absolute atomic E-state index is 4.77. The molecule has 6 heteroatoms. The quantitative estimate of drug-likeness (QED) is 0.545. The molecule has 152 valence electrons. The molecular formula is C24H26N6. The van der Waals surface area contributed by atoms with Crippen molar-refractivity contribution in [3.8, 4) is 22.4 Å². The highest BCUT2D eigenvalue weighted by Gasteiger charge is 2.15. The highest BCUT2D eigenvalue weighted by atomic mass is 15.2. The van der Waals surface area contributed by atoms with E-state index in [1.807, 2.05) is 26.2 Å². The average molecular weight is 399 g/mol. The molecule has 0 unspecified atom stereocenters. The summed E-state index contributed by atoms with van der Waals surface area (Å²) in [6.45, 7) is 10.2. The number of piperazine rings is 1. The molecule has 0 bridgehead atoms. The molecule has 1 saturated heterocycles. The molecule has 0 aromatic carbocycles. The summed E-state index contributed by atoms with van der Waals surface area (Å²) in [6, 6.07) is 10.7. The van der Waals surface area contributed by atoms with Gasteiger partial charge in [-0.05, 0) is 56.7 Å². The van der Waals surface area contributed by atoms with Gasteiger partial charge >= 0.3 is 0 Å². The molecule has 0 aliphatic carbocycles. The molecule has 2 N–H and O–H groups in total. The first-order valence-electron chi connectivity index (χ1n) is 10.4. The second-order valence-corrected chi connectivity index (χ2v) is 8.03. The van der Waals surface area contributed by atoms with E-state index in [9.17, 15) is 0 Å². The number of nitrogens with zero attached hydrogens (tertiary/aromatic N) is 4. The number of hydrogen-bond acceptors (Lipinski definition) is 5. The second-order valence-electron chi connectivity index (χ2n) is 8.03. The number of nitrogens with one attached hydrogen (secondary N) is 2. The third-order valence-corrected chi connectivity index (χ3v) is 5.77. The van der Waals surface area contributed by atoms with Crippen LogP contribution in [-0.4, -0.2) is 46.1 Å². The lowest BCUT2D eigenvalue weighted by atomic mass is 10.1. The first kappa shape index (κ1) is 18.8. The largest absolute Gasteiger partial charge is 0.354 e. The molecule has 0 radical (unpaired) electrons. The highest BCUT2D eigenvalue weighted by Crippen LogP contribution is 2.31. The van der Waals surface area contributed by atoms with E-state index in [-0.39, 0.29) is 0 Å². The van der Waals surface area contributed by atoms with Crippen LogP contribution in [0.1, 0.15) is 17.0 Å². The predicted molar refractivity (Wildman–Crippen MR) is 122 cm³/mol. The van der Waals surface area contributed by atoms with Crippen molar-refractivity contribution in [2.75, 3.05) is 31.1 Å². The monoisotopic (exact) mass is 398 g/mol. The van der Waals surface area contributed by atoms with Crippen molar-refractivity contribution >= 4 is 16.9 Å². The third-order valence-electron chi connectivity index (χ3n) is 5.77. The van der Waals surface area contributed by atoms with Crippen LogP contribution in [0.5, 0.6) is 0 Å². The minimum absolute atomic E-state index is 0.998. The van der Waals surface area contributed by atoms with Gasteiger partial charge in [-0.3, -0.25) is 9.97 Å². The number of aryl methyl sites for hydroxylation is 3. The number of H-pyrrole nitrogens is 1. The lowest BCUT2D eigenvalue weighted by Crippen LogP contribution is -2.43. The summed E-state index contributed by atoms with van der Waals surface area (Å²) in [5.74, 6) is 1.04. The maximum atomic E-state index is 4.77. The van der Waals surface area contributed by atoms with Crippen LogP contribution in [0.2, 0.25) is 0 Å². The Morgan fingerprint density at radius 1 is 0.833 bits per heavy atom. The molecule has 6 nitrogen and oxygen atoms in total. The minimum atomic E-state index is 0.998. The van der Waals surface area contributed by atoms with Gasteiger partial charge in [0.2, 0.25) is 0 Å². The van der Waals surface area contributed by atoms with E-state index < -0.39 is 0 Å². The first-order chi connectivity index (χ1) is 14.6. The zero-order valence-electron chi connectivity index (χ0n) is 17.7. The summed E-state index contributed by atoms with van der Waals surface area (Å²) in [7, 11) is 0. The Balaban J connectivity index is 1.50. The predicted octanol–water partition coefficient (Wildman–Crippen LogP) is 4.02. The van der Waals surface area contributed by atoms with Gasteiger partial charge in [0.05, 0.1) is 16.7 Å². The molecule has 5 rings (SSSR count). The first-order valence-corrected chi connectivity index (χ1v) is 10.4. The van der Waals surface area contributed by atoms with Gasteiger partial charge in [-0.15, -0.1) is 0 Å². The Bertz CT molecular complexity index is 1180. The number of hydrogen-bond donors (Lipinski definition) is 2. The van der Waals surface area contributed by atoms with Crippen LogP contribution in [0.3, 0.4) is 0 Å². The van der Waals surface area contributed by atoms with E-state index in [2.05, 4.69) is 57.4 Å². The van der Waals surface area contributed by atoms with Crippen molar-refractivity contribution in [1.29, 1.82) is 0 Å². The topological polar surface area (TPSA) is 69.7 Å². The summed E-state index contributed by atoms with van der Waals surface area (Å²) in [4.78, 5) is 19.9. The van der Waals surface area contributed by atoms with Gasteiger partial charge < -0.3 is 15.2 Å². The Hall–Kier alpha value is -3.25. The molecule has 1 aliphatic rings. The number of aromatic amines is 1. The summed E-state index contributed by atoms with van der Waals surface area (Å²) in [5, 5.41) is 3.38. The number of rotatable bonds is 3. The molecule has 0 saturated carbocycles. The Kier molecular flexibility index (Phi) is 4.71. The van der Waals surface area contributed by atoms with Crippen LogP contribution >= 0.6 is 0 Å². The van der Waals surface area contributed by atoms with Crippen LogP contribution in [0, 0.1) is 20.8 Å². The van der Waals surface area contributed by atoms with E-state index in [0.717, 1.165) is 82.4 Å². The number of aromatic nitrogens is 4. The van der Waals surface area contributed by atoms with Gasteiger partial charge in [-0.25, -0.2) is 4.98 Å². The lowest BCUT2D eigenvalue weighted by molar-refractivity contribution is 0.585. The molecule has 0 atom stereocenters. The standard InChI is InChI=1S/C24H26N6/c1-15-10-19(11-16(2)28-15)20-12-21-24(27-14-20)17(3)23(29-21)18-4-5-22(26-13-18)30-8-6-25-7-9-30/h4-5,10-14,25,29H,6-9H2,1-3H3. The summed E-state index contributed by atoms with van der Waals surface area (Å²) >= 11 is 0. The Morgan fingerprint density at radius 2 is 1.57 bits per heavy atom. The SMILES string of the molecule is Cc1cc(-c2cnc3c(C)c(-c4ccc(N5CCNCC5)nc4)[nH]c3c2)cc(C)n1. The number of fused-ring (bicyclic) bond motifs is 1. The lowest BCUT2D eigenvalue weighted by Gasteiger charge is -2.28.